The predicted octanol–water partition coefficient (Wildman–Crippen LogP) is 2.82. The molecule has 1 aliphatic rings. The Morgan fingerprint density at radius 1 is 1.59 bits per heavy atom. The van der Waals surface area contributed by atoms with E-state index < -0.39 is 0 Å². The Bertz CT molecular complexity index is 559. The van der Waals surface area contributed by atoms with Crippen LogP contribution in [-0.4, -0.2) is 14.5 Å². The van der Waals surface area contributed by atoms with Gasteiger partial charge >= 0.3 is 0 Å². The molecular weight excluding hydrogens is 280 g/mol. The second-order valence-electron chi connectivity index (χ2n) is 4.89. The van der Waals surface area contributed by atoms with Crippen molar-refractivity contribution in [1.82, 2.24) is 14.5 Å². The summed E-state index contributed by atoms with van der Waals surface area (Å²) in [6.07, 6.45) is 4.50. The van der Waals surface area contributed by atoms with E-state index in [1.807, 2.05) is 10.6 Å². The third kappa shape index (κ3) is 2.04. The van der Waals surface area contributed by atoms with E-state index in [0.29, 0.717) is 11.9 Å². The minimum Gasteiger partial charge on any atom is -0.369 e. The van der Waals surface area contributed by atoms with Gasteiger partial charge in [-0.05, 0) is 46.7 Å². The molecule has 0 aliphatic heterocycles. The third-order valence-electron chi connectivity index (χ3n) is 3.48. The molecule has 1 aliphatic carbocycles. The molecule has 0 amide bonds. The average Bonchev–Trinajstić information content (AvgIpc) is 3.06. The highest BCUT2D eigenvalue weighted by Gasteiger charge is 2.28. The zero-order valence-electron chi connectivity index (χ0n) is 9.73. The molecule has 1 saturated carbocycles. The summed E-state index contributed by atoms with van der Waals surface area (Å²) in [4.78, 5) is 8.76. The number of aromatic nitrogens is 3. The molecule has 90 valence electrons. The fourth-order valence-corrected chi connectivity index (χ4v) is 2.61. The largest absolute Gasteiger partial charge is 0.369 e. The first-order valence-corrected chi connectivity index (χ1v) is 6.71. The lowest BCUT2D eigenvalue weighted by molar-refractivity contribution is 0.438. The smallest absolute Gasteiger partial charge is 0.202 e. The Hall–Kier alpha value is -1.10. The number of halogens is 1. The molecule has 2 heterocycles. The Balaban J connectivity index is 1.99. The second kappa shape index (κ2) is 3.98. The molecule has 1 atom stereocenters. The van der Waals surface area contributed by atoms with Crippen molar-refractivity contribution in [3.8, 4) is 0 Å². The number of rotatable bonds is 3. The Labute approximate surface area is 108 Å². The maximum Gasteiger partial charge on any atom is 0.202 e. The number of anilines is 1. The van der Waals surface area contributed by atoms with Gasteiger partial charge in [-0.2, -0.15) is 0 Å². The number of nitrogen functional groups attached to an aromatic ring is 1. The van der Waals surface area contributed by atoms with Gasteiger partial charge in [-0.25, -0.2) is 9.97 Å². The summed E-state index contributed by atoms with van der Waals surface area (Å²) in [6.45, 7) is 3.20. The van der Waals surface area contributed by atoms with Crippen molar-refractivity contribution in [2.24, 2.45) is 11.8 Å². The van der Waals surface area contributed by atoms with Crippen molar-refractivity contribution in [3.63, 3.8) is 0 Å². The van der Waals surface area contributed by atoms with Gasteiger partial charge in [0, 0.05) is 17.2 Å². The van der Waals surface area contributed by atoms with Gasteiger partial charge in [-0.3, -0.25) is 4.57 Å². The molecule has 3 rings (SSSR count). The van der Waals surface area contributed by atoms with E-state index >= 15 is 0 Å². The van der Waals surface area contributed by atoms with Gasteiger partial charge in [0.25, 0.3) is 0 Å². The lowest BCUT2D eigenvalue weighted by Crippen LogP contribution is -2.12. The number of hydrogen-bond donors (Lipinski definition) is 1. The SMILES string of the molecule is CC(Cn1c(N)nc2cc(Br)cnc21)C1CC1. The van der Waals surface area contributed by atoms with Crippen LogP contribution in [0.3, 0.4) is 0 Å². The van der Waals surface area contributed by atoms with E-state index in [-0.39, 0.29) is 0 Å². The van der Waals surface area contributed by atoms with Crippen molar-refractivity contribution >= 4 is 33.0 Å². The van der Waals surface area contributed by atoms with Gasteiger partial charge < -0.3 is 5.73 Å². The van der Waals surface area contributed by atoms with E-state index in [0.717, 1.165) is 28.1 Å². The first kappa shape index (κ1) is 11.0. The van der Waals surface area contributed by atoms with Gasteiger partial charge in [-0.1, -0.05) is 6.92 Å². The average molecular weight is 295 g/mol. The molecule has 0 spiro atoms. The number of imidazole rings is 1. The molecule has 5 heteroatoms. The fourth-order valence-electron chi connectivity index (χ4n) is 2.29. The summed E-state index contributed by atoms with van der Waals surface area (Å²) < 4.78 is 2.97. The maximum absolute atomic E-state index is 5.97. The molecule has 0 radical (unpaired) electrons. The summed E-state index contributed by atoms with van der Waals surface area (Å²) >= 11 is 3.40. The maximum atomic E-state index is 5.97. The van der Waals surface area contributed by atoms with Crippen molar-refractivity contribution in [3.05, 3.63) is 16.7 Å². The van der Waals surface area contributed by atoms with Crippen LogP contribution in [0.4, 0.5) is 5.95 Å². The van der Waals surface area contributed by atoms with Crippen molar-refractivity contribution in [1.29, 1.82) is 0 Å². The second-order valence-corrected chi connectivity index (χ2v) is 5.81. The van der Waals surface area contributed by atoms with Crippen molar-refractivity contribution in [2.75, 3.05) is 5.73 Å². The fraction of sp³-hybridized carbons (Fsp3) is 0.500. The number of hydrogen-bond acceptors (Lipinski definition) is 3. The van der Waals surface area contributed by atoms with Crippen LogP contribution < -0.4 is 5.73 Å². The van der Waals surface area contributed by atoms with Crippen LogP contribution in [0.25, 0.3) is 11.2 Å². The van der Waals surface area contributed by atoms with Crippen LogP contribution in [0.5, 0.6) is 0 Å². The van der Waals surface area contributed by atoms with E-state index in [4.69, 9.17) is 5.73 Å². The van der Waals surface area contributed by atoms with Crippen LogP contribution in [0.2, 0.25) is 0 Å². The number of nitrogens with two attached hydrogens (primary N) is 1. The summed E-state index contributed by atoms with van der Waals surface area (Å²) in [6, 6.07) is 1.96. The molecule has 2 aromatic heterocycles. The van der Waals surface area contributed by atoms with Crippen LogP contribution in [-0.2, 0) is 6.54 Å². The lowest BCUT2D eigenvalue weighted by atomic mass is 10.1. The number of nitrogens with zero attached hydrogens (tertiary/aromatic N) is 3. The van der Waals surface area contributed by atoms with Gasteiger partial charge in [0.1, 0.15) is 5.52 Å². The third-order valence-corrected chi connectivity index (χ3v) is 3.91. The summed E-state index contributed by atoms with van der Waals surface area (Å²) in [5, 5.41) is 0. The standard InChI is InChI=1S/C12H15BrN4/c1-7(8-2-3-8)6-17-11-10(16-12(17)14)4-9(13)5-15-11/h4-5,7-8H,2-3,6H2,1H3,(H2,14,16). The molecule has 0 saturated heterocycles. The molecule has 2 aromatic rings. The predicted molar refractivity (Wildman–Crippen MR) is 71.5 cm³/mol. The number of fused-ring (bicyclic) bond motifs is 1. The Kier molecular flexibility index (Phi) is 2.58. The lowest BCUT2D eigenvalue weighted by Gasteiger charge is -2.12. The van der Waals surface area contributed by atoms with Crippen molar-refractivity contribution in [2.45, 2.75) is 26.3 Å². The molecule has 2 N–H and O–H groups in total. The topological polar surface area (TPSA) is 56.7 Å². The summed E-state index contributed by atoms with van der Waals surface area (Å²) in [5.41, 5.74) is 7.72. The van der Waals surface area contributed by atoms with Gasteiger partial charge in [0.15, 0.2) is 5.65 Å². The van der Waals surface area contributed by atoms with Gasteiger partial charge in [0.05, 0.1) is 0 Å². The highest BCUT2D eigenvalue weighted by Crippen LogP contribution is 2.38. The summed E-state index contributed by atoms with van der Waals surface area (Å²) in [7, 11) is 0. The first-order chi connectivity index (χ1) is 8.15. The minimum atomic E-state index is 0.568. The van der Waals surface area contributed by atoms with Gasteiger partial charge in [-0.15, -0.1) is 0 Å². The number of pyridine rings is 1. The molecule has 4 nitrogen and oxygen atoms in total. The van der Waals surface area contributed by atoms with Crippen LogP contribution in [0.1, 0.15) is 19.8 Å². The zero-order valence-corrected chi connectivity index (χ0v) is 11.3. The van der Waals surface area contributed by atoms with E-state index in [1.54, 1.807) is 6.20 Å². The molecule has 17 heavy (non-hydrogen) atoms. The van der Waals surface area contributed by atoms with Crippen molar-refractivity contribution < 1.29 is 0 Å². The highest BCUT2D eigenvalue weighted by molar-refractivity contribution is 9.10. The van der Waals surface area contributed by atoms with E-state index in [1.165, 1.54) is 12.8 Å². The van der Waals surface area contributed by atoms with Gasteiger partial charge in [0.2, 0.25) is 5.95 Å². The van der Waals surface area contributed by atoms with Crippen LogP contribution >= 0.6 is 15.9 Å². The zero-order chi connectivity index (χ0) is 12.0. The highest BCUT2D eigenvalue weighted by atomic mass is 79.9. The van der Waals surface area contributed by atoms with E-state index in [9.17, 15) is 0 Å². The Morgan fingerprint density at radius 2 is 2.35 bits per heavy atom. The van der Waals surface area contributed by atoms with Crippen LogP contribution in [0.15, 0.2) is 16.7 Å². The van der Waals surface area contributed by atoms with Crippen LogP contribution in [0, 0.1) is 11.8 Å². The Morgan fingerprint density at radius 3 is 3.06 bits per heavy atom. The molecule has 0 aromatic carbocycles. The minimum absolute atomic E-state index is 0.568. The molecule has 0 bridgehead atoms. The van der Waals surface area contributed by atoms with E-state index in [2.05, 4.69) is 32.8 Å². The first-order valence-electron chi connectivity index (χ1n) is 5.92. The normalized spacial score (nSPS) is 17.5. The molecule has 1 unspecified atom stereocenters. The quantitative estimate of drug-likeness (QED) is 0.947. The molecule has 1 fully saturated rings. The summed E-state index contributed by atoms with van der Waals surface area (Å²) in [5.74, 6) is 2.08. The molecular formula is C12H15BrN4. The monoisotopic (exact) mass is 294 g/mol.